The Hall–Kier alpha value is -1.39. The molecule has 0 aliphatic heterocycles. The molecule has 0 bridgehead atoms. The molecule has 0 aromatic heterocycles. The first kappa shape index (κ1) is 17.7. The molecule has 0 amide bonds. The first-order chi connectivity index (χ1) is 9.78. The fraction of sp³-hybridized carbons (Fsp3) is 0.467. The monoisotopic (exact) mass is 309 g/mol. The number of rotatable bonds is 5. The minimum absolute atomic E-state index is 0.249. The fourth-order valence-corrected chi connectivity index (χ4v) is 3.15. The predicted octanol–water partition coefficient (Wildman–Crippen LogP) is 0.487. The van der Waals surface area contributed by atoms with Crippen LogP contribution in [0.5, 0.6) is 0 Å². The Kier molecular flexibility index (Phi) is 6.37. The highest BCUT2D eigenvalue weighted by atomic mass is 32.2. The van der Waals surface area contributed by atoms with E-state index >= 15 is 0 Å². The van der Waals surface area contributed by atoms with E-state index in [4.69, 9.17) is 5.73 Å². The van der Waals surface area contributed by atoms with Crippen LogP contribution in [-0.2, 0) is 10.0 Å². The lowest BCUT2D eigenvalue weighted by atomic mass is 10.1. The van der Waals surface area contributed by atoms with Crippen LogP contribution in [0, 0.1) is 18.8 Å². The van der Waals surface area contributed by atoms with Gasteiger partial charge in [-0.2, -0.15) is 4.31 Å². The van der Waals surface area contributed by atoms with Gasteiger partial charge in [0, 0.05) is 25.7 Å². The zero-order valence-electron chi connectivity index (χ0n) is 13.0. The van der Waals surface area contributed by atoms with Gasteiger partial charge in [-0.05, 0) is 38.7 Å². The van der Waals surface area contributed by atoms with Crippen molar-refractivity contribution < 1.29 is 8.42 Å². The number of likely N-dealkylation sites (N-methyl/N-ethyl adjacent to an activating group) is 2. The zero-order chi connectivity index (χ0) is 16.0. The molecule has 0 radical (unpaired) electrons. The summed E-state index contributed by atoms with van der Waals surface area (Å²) in [5.41, 5.74) is 6.71. The molecule has 0 aliphatic rings. The van der Waals surface area contributed by atoms with Crippen molar-refractivity contribution in [3.8, 4) is 11.8 Å². The van der Waals surface area contributed by atoms with Crippen LogP contribution in [0.1, 0.15) is 11.1 Å². The number of hydrogen-bond acceptors (Lipinski definition) is 4. The van der Waals surface area contributed by atoms with Crippen LogP contribution < -0.4 is 5.73 Å². The van der Waals surface area contributed by atoms with E-state index in [1.807, 2.05) is 19.0 Å². The number of sulfonamides is 1. The second-order valence-electron chi connectivity index (χ2n) is 5.12. The Morgan fingerprint density at radius 2 is 1.86 bits per heavy atom. The maximum Gasteiger partial charge on any atom is 0.243 e. The molecule has 21 heavy (non-hydrogen) atoms. The van der Waals surface area contributed by atoms with Crippen LogP contribution in [0.4, 0.5) is 0 Å². The molecule has 1 rings (SSSR count). The first-order valence-corrected chi connectivity index (χ1v) is 8.13. The predicted molar refractivity (Wildman–Crippen MR) is 85.5 cm³/mol. The van der Waals surface area contributed by atoms with Crippen LogP contribution in [0.25, 0.3) is 0 Å². The van der Waals surface area contributed by atoms with Crippen LogP contribution in [0.15, 0.2) is 23.1 Å². The lowest BCUT2D eigenvalue weighted by molar-refractivity contribution is 0.358. The Balaban J connectivity index is 3.12. The van der Waals surface area contributed by atoms with Crippen molar-refractivity contribution in [1.29, 1.82) is 0 Å². The summed E-state index contributed by atoms with van der Waals surface area (Å²) in [6.07, 6.45) is 0. The van der Waals surface area contributed by atoms with Crippen molar-refractivity contribution in [2.24, 2.45) is 5.73 Å². The molecule has 0 unspecified atom stereocenters. The second-order valence-corrected chi connectivity index (χ2v) is 7.13. The highest BCUT2D eigenvalue weighted by Crippen LogP contribution is 2.20. The molecule has 0 spiro atoms. The van der Waals surface area contributed by atoms with E-state index in [2.05, 4.69) is 11.8 Å². The van der Waals surface area contributed by atoms with Gasteiger partial charge in [-0.25, -0.2) is 8.42 Å². The smallest absolute Gasteiger partial charge is 0.243 e. The van der Waals surface area contributed by atoms with E-state index in [9.17, 15) is 8.42 Å². The van der Waals surface area contributed by atoms with Gasteiger partial charge >= 0.3 is 0 Å². The molecular formula is C15H23N3O2S. The van der Waals surface area contributed by atoms with Crippen molar-refractivity contribution in [3.05, 3.63) is 29.3 Å². The minimum Gasteiger partial charge on any atom is -0.320 e. The molecular weight excluding hydrogens is 286 g/mol. The maximum atomic E-state index is 12.6. The average Bonchev–Trinajstić information content (AvgIpc) is 2.43. The van der Waals surface area contributed by atoms with Gasteiger partial charge in [-0.3, -0.25) is 0 Å². The summed E-state index contributed by atoms with van der Waals surface area (Å²) in [7, 11) is 1.91. The summed E-state index contributed by atoms with van der Waals surface area (Å²) in [6, 6.07) is 5.18. The highest BCUT2D eigenvalue weighted by Gasteiger charge is 2.22. The summed E-state index contributed by atoms with van der Waals surface area (Å²) < 4.78 is 26.6. The summed E-state index contributed by atoms with van der Waals surface area (Å²) in [6.45, 7) is 3.14. The van der Waals surface area contributed by atoms with Gasteiger partial charge in [-0.1, -0.05) is 17.9 Å². The highest BCUT2D eigenvalue weighted by molar-refractivity contribution is 7.89. The molecule has 2 N–H and O–H groups in total. The third kappa shape index (κ3) is 4.83. The van der Waals surface area contributed by atoms with Crippen molar-refractivity contribution in [3.63, 3.8) is 0 Å². The SMILES string of the molecule is Cc1ccc(C#CCN)cc1S(=O)(=O)N(C)CCN(C)C. The van der Waals surface area contributed by atoms with Crippen molar-refractivity contribution in [2.45, 2.75) is 11.8 Å². The standard InChI is InChI=1S/C15H23N3O2S/c1-13-7-8-14(6-5-9-16)12-15(13)21(19,20)18(4)11-10-17(2)3/h7-8,12H,9-11,16H2,1-4H3. The van der Waals surface area contributed by atoms with Crippen LogP contribution in [0.3, 0.4) is 0 Å². The van der Waals surface area contributed by atoms with Crippen molar-refractivity contribution in [2.75, 3.05) is 40.8 Å². The lowest BCUT2D eigenvalue weighted by Gasteiger charge is -2.20. The zero-order valence-corrected chi connectivity index (χ0v) is 13.9. The van der Waals surface area contributed by atoms with Crippen molar-refractivity contribution in [1.82, 2.24) is 9.21 Å². The minimum atomic E-state index is -3.51. The molecule has 1 aromatic carbocycles. The van der Waals surface area contributed by atoms with Crippen LogP contribution in [-0.4, -0.2) is 58.4 Å². The van der Waals surface area contributed by atoms with E-state index < -0.39 is 10.0 Å². The Morgan fingerprint density at radius 1 is 1.19 bits per heavy atom. The molecule has 0 saturated heterocycles. The molecule has 0 saturated carbocycles. The lowest BCUT2D eigenvalue weighted by Crippen LogP contribution is -2.33. The number of benzene rings is 1. The fourth-order valence-electron chi connectivity index (χ4n) is 1.74. The van der Waals surface area contributed by atoms with Gasteiger partial charge in [0.15, 0.2) is 0 Å². The molecule has 0 aliphatic carbocycles. The molecule has 1 aromatic rings. The molecule has 116 valence electrons. The van der Waals surface area contributed by atoms with Crippen LogP contribution >= 0.6 is 0 Å². The van der Waals surface area contributed by atoms with Gasteiger partial charge in [0.25, 0.3) is 0 Å². The number of nitrogens with two attached hydrogens (primary N) is 1. The van der Waals surface area contributed by atoms with Crippen LogP contribution in [0.2, 0.25) is 0 Å². The number of aryl methyl sites for hydroxylation is 1. The van der Waals surface area contributed by atoms with E-state index in [0.29, 0.717) is 29.1 Å². The van der Waals surface area contributed by atoms with Gasteiger partial charge in [-0.15, -0.1) is 0 Å². The van der Waals surface area contributed by atoms with Gasteiger partial charge in [0.1, 0.15) is 0 Å². The first-order valence-electron chi connectivity index (χ1n) is 6.69. The maximum absolute atomic E-state index is 12.6. The third-order valence-corrected chi connectivity index (χ3v) is 5.07. The van der Waals surface area contributed by atoms with E-state index in [1.54, 1.807) is 32.2 Å². The largest absolute Gasteiger partial charge is 0.320 e. The summed E-state index contributed by atoms with van der Waals surface area (Å²) in [4.78, 5) is 2.25. The molecule has 6 heteroatoms. The topological polar surface area (TPSA) is 66.6 Å². The van der Waals surface area contributed by atoms with E-state index in [1.165, 1.54) is 4.31 Å². The second kappa shape index (κ2) is 7.57. The van der Waals surface area contributed by atoms with Gasteiger partial charge in [0.05, 0.1) is 11.4 Å². The number of hydrogen-bond donors (Lipinski definition) is 1. The molecule has 0 atom stereocenters. The summed E-state index contributed by atoms with van der Waals surface area (Å²) in [5.74, 6) is 5.60. The van der Waals surface area contributed by atoms with Gasteiger partial charge < -0.3 is 10.6 Å². The Labute approximate surface area is 127 Å². The van der Waals surface area contributed by atoms with Gasteiger partial charge in [0.2, 0.25) is 10.0 Å². The molecule has 0 heterocycles. The van der Waals surface area contributed by atoms with E-state index in [0.717, 1.165) is 0 Å². The van der Waals surface area contributed by atoms with Crippen molar-refractivity contribution >= 4 is 10.0 Å². The quantitative estimate of drug-likeness (QED) is 0.804. The Morgan fingerprint density at radius 3 is 2.43 bits per heavy atom. The van der Waals surface area contributed by atoms with E-state index in [-0.39, 0.29) is 6.54 Å². The third-order valence-electron chi connectivity index (χ3n) is 3.07. The molecule has 0 fully saturated rings. The summed E-state index contributed by atoms with van der Waals surface area (Å²) >= 11 is 0. The average molecular weight is 309 g/mol. The normalized spacial score (nSPS) is 11.6. The summed E-state index contributed by atoms with van der Waals surface area (Å²) in [5, 5.41) is 0. The Bertz CT molecular complexity index is 643. The molecule has 5 nitrogen and oxygen atoms in total. The number of nitrogens with zero attached hydrogens (tertiary/aromatic N) is 2.